The van der Waals surface area contributed by atoms with Crippen LogP contribution >= 0.6 is 11.3 Å². The van der Waals surface area contributed by atoms with Crippen molar-refractivity contribution < 1.29 is 19.1 Å². The zero-order valence-electron chi connectivity index (χ0n) is 14.1. The van der Waals surface area contributed by atoms with Crippen LogP contribution in [0.3, 0.4) is 0 Å². The highest BCUT2D eigenvalue weighted by atomic mass is 32.1. The summed E-state index contributed by atoms with van der Waals surface area (Å²) in [6, 6.07) is 8.41. The largest absolute Gasteiger partial charge is 0.449 e. The van der Waals surface area contributed by atoms with Gasteiger partial charge in [0.1, 0.15) is 5.00 Å². The highest BCUT2D eigenvalue weighted by molar-refractivity contribution is 7.14. The fourth-order valence-corrected chi connectivity index (χ4v) is 2.80. The predicted molar refractivity (Wildman–Crippen MR) is 97.1 cm³/mol. The second-order valence-electron chi connectivity index (χ2n) is 5.51. The lowest BCUT2D eigenvalue weighted by atomic mass is 10.2. The maximum atomic E-state index is 12.2. The van der Waals surface area contributed by atoms with Gasteiger partial charge in [-0.05, 0) is 36.6 Å². The van der Waals surface area contributed by atoms with Crippen LogP contribution in [0.25, 0.3) is 0 Å². The Kier molecular flexibility index (Phi) is 5.76. The molecule has 0 radical (unpaired) electrons. The molecule has 0 aliphatic carbocycles. The number of carbonyl (C=O) groups is 3. The minimum absolute atomic E-state index is 0.218. The molecule has 1 unspecified atom stereocenters. The minimum Gasteiger partial charge on any atom is -0.449 e. The number of amides is 2. The van der Waals surface area contributed by atoms with Crippen LogP contribution in [0, 0.1) is 0 Å². The third-order valence-corrected chi connectivity index (χ3v) is 4.25. The monoisotopic (exact) mass is 361 g/mol. The summed E-state index contributed by atoms with van der Waals surface area (Å²) in [7, 11) is 3.72. The van der Waals surface area contributed by atoms with E-state index in [0.717, 1.165) is 5.69 Å². The Labute approximate surface area is 149 Å². The second-order valence-corrected chi connectivity index (χ2v) is 6.43. The summed E-state index contributed by atoms with van der Waals surface area (Å²) < 4.78 is 5.20. The fraction of sp³-hybridized carbons (Fsp3) is 0.235. The number of nitrogens with two attached hydrogens (primary N) is 1. The van der Waals surface area contributed by atoms with Crippen molar-refractivity contribution in [2.45, 2.75) is 13.0 Å². The second kappa shape index (κ2) is 7.80. The molecule has 1 aromatic heterocycles. The topological polar surface area (TPSA) is 102 Å². The lowest BCUT2D eigenvalue weighted by molar-refractivity contribution is -0.123. The first-order valence-electron chi connectivity index (χ1n) is 7.46. The maximum Gasteiger partial charge on any atom is 0.338 e. The lowest BCUT2D eigenvalue weighted by Crippen LogP contribution is -2.30. The first-order chi connectivity index (χ1) is 11.8. The van der Waals surface area contributed by atoms with Crippen molar-refractivity contribution in [2.24, 2.45) is 5.73 Å². The first-order valence-corrected chi connectivity index (χ1v) is 8.34. The number of rotatable bonds is 6. The molecule has 3 N–H and O–H groups in total. The predicted octanol–water partition coefficient (Wildman–Crippen LogP) is 2.10. The molecule has 2 aromatic rings. The van der Waals surface area contributed by atoms with E-state index in [1.165, 1.54) is 24.3 Å². The molecule has 2 rings (SSSR count). The number of anilines is 2. The smallest absolute Gasteiger partial charge is 0.338 e. The van der Waals surface area contributed by atoms with E-state index in [1.54, 1.807) is 23.6 Å². The highest BCUT2D eigenvalue weighted by Crippen LogP contribution is 2.23. The van der Waals surface area contributed by atoms with E-state index in [4.69, 9.17) is 10.5 Å². The summed E-state index contributed by atoms with van der Waals surface area (Å²) in [6.45, 7) is 1.46. The number of hydrogen-bond donors (Lipinski definition) is 2. The van der Waals surface area contributed by atoms with Gasteiger partial charge < -0.3 is 20.7 Å². The van der Waals surface area contributed by atoms with E-state index in [9.17, 15) is 14.4 Å². The summed E-state index contributed by atoms with van der Waals surface area (Å²) >= 11 is 1.17. The molecule has 8 heteroatoms. The lowest BCUT2D eigenvalue weighted by Gasteiger charge is -2.15. The van der Waals surface area contributed by atoms with Crippen molar-refractivity contribution in [2.75, 3.05) is 24.3 Å². The quantitative estimate of drug-likeness (QED) is 0.767. The Hall–Kier alpha value is -2.87. The number of thiophene rings is 1. The molecular formula is C17H19N3O4S. The Bertz CT molecular complexity index is 801. The zero-order chi connectivity index (χ0) is 18.6. The zero-order valence-corrected chi connectivity index (χ0v) is 14.9. The standard InChI is InChI=1S/C17H19N3O4S/c1-10(15(22)19-16-13(14(18)21)7-8-25-16)24-17(23)11-5-4-6-12(9-11)20(2)3/h4-10H,1-3H3,(H2,18,21)(H,19,22). The first kappa shape index (κ1) is 18.5. The van der Waals surface area contributed by atoms with Crippen molar-refractivity contribution in [1.82, 2.24) is 0 Å². The van der Waals surface area contributed by atoms with Gasteiger partial charge in [-0.25, -0.2) is 4.79 Å². The maximum absolute atomic E-state index is 12.2. The molecule has 7 nitrogen and oxygen atoms in total. The minimum atomic E-state index is -1.03. The number of ether oxygens (including phenoxy) is 1. The van der Waals surface area contributed by atoms with Crippen LogP contribution in [0.15, 0.2) is 35.7 Å². The molecule has 0 spiro atoms. The molecule has 1 aromatic carbocycles. The van der Waals surface area contributed by atoms with E-state index in [0.29, 0.717) is 10.6 Å². The number of hydrogen-bond acceptors (Lipinski definition) is 6. The molecule has 0 saturated carbocycles. The summed E-state index contributed by atoms with van der Waals surface area (Å²) in [5.74, 6) is -1.78. The Morgan fingerprint density at radius 1 is 1.24 bits per heavy atom. The van der Waals surface area contributed by atoms with E-state index >= 15 is 0 Å². The van der Waals surface area contributed by atoms with Crippen LogP contribution in [0.1, 0.15) is 27.6 Å². The molecule has 1 atom stereocenters. The summed E-state index contributed by atoms with van der Waals surface area (Å²) in [5.41, 5.74) is 6.64. The Morgan fingerprint density at radius 2 is 1.96 bits per heavy atom. The van der Waals surface area contributed by atoms with Gasteiger partial charge in [0.2, 0.25) is 0 Å². The van der Waals surface area contributed by atoms with E-state index in [1.807, 2.05) is 25.1 Å². The number of primary amides is 1. The molecule has 25 heavy (non-hydrogen) atoms. The molecular weight excluding hydrogens is 342 g/mol. The van der Waals surface area contributed by atoms with Gasteiger partial charge in [-0.2, -0.15) is 0 Å². The fourth-order valence-electron chi connectivity index (χ4n) is 2.01. The number of benzene rings is 1. The van der Waals surface area contributed by atoms with Gasteiger partial charge in [0.05, 0.1) is 11.1 Å². The van der Waals surface area contributed by atoms with E-state index in [2.05, 4.69) is 5.32 Å². The Balaban J connectivity index is 2.03. The van der Waals surface area contributed by atoms with Gasteiger partial charge in [0.25, 0.3) is 11.8 Å². The molecule has 2 amide bonds. The van der Waals surface area contributed by atoms with Crippen LogP contribution in [0.4, 0.5) is 10.7 Å². The van der Waals surface area contributed by atoms with E-state index < -0.39 is 23.9 Å². The van der Waals surface area contributed by atoms with Crippen LogP contribution in [-0.4, -0.2) is 38.0 Å². The molecule has 1 heterocycles. The van der Waals surface area contributed by atoms with Crippen molar-refractivity contribution >= 4 is 39.8 Å². The SMILES string of the molecule is CC(OC(=O)c1cccc(N(C)C)c1)C(=O)Nc1sccc1C(N)=O. The highest BCUT2D eigenvalue weighted by Gasteiger charge is 2.21. The number of esters is 1. The summed E-state index contributed by atoms with van der Waals surface area (Å²) in [6.07, 6.45) is -1.03. The van der Waals surface area contributed by atoms with Gasteiger partial charge in [0.15, 0.2) is 6.10 Å². The van der Waals surface area contributed by atoms with Gasteiger partial charge >= 0.3 is 5.97 Å². The van der Waals surface area contributed by atoms with Gasteiger partial charge in [-0.1, -0.05) is 6.07 Å². The van der Waals surface area contributed by atoms with E-state index in [-0.39, 0.29) is 5.56 Å². The average Bonchev–Trinajstić information content (AvgIpc) is 3.03. The van der Waals surface area contributed by atoms with Crippen molar-refractivity contribution in [3.05, 3.63) is 46.8 Å². The molecule has 0 aliphatic rings. The van der Waals surface area contributed by atoms with Crippen LogP contribution < -0.4 is 16.0 Å². The van der Waals surface area contributed by atoms with Crippen molar-refractivity contribution in [3.63, 3.8) is 0 Å². The number of nitrogens with one attached hydrogen (secondary N) is 1. The van der Waals surface area contributed by atoms with Crippen LogP contribution in [0.2, 0.25) is 0 Å². The average molecular weight is 361 g/mol. The normalized spacial score (nSPS) is 11.5. The molecule has 132 valence electrons. The Morgan fingerprint density at radius 3 is 2.60 bits per heavy atom. The number of carbonyl (C=O) groups excluding carboxylic acids is 3. The third kappa shape index (κ3) is 4.57. The van der Waals surface area contributed by atoms with Gasteiger partial charge in [-0.15, -0.1) is 11.3 Å². The molecule has 0 saturated heterocycles. The molecule has 0 fully saturated rings. The van der Waals surface area contributed by atoms with Crippen molar-refractivity contribution in [3.8, 4) is 0 Å². The van der Waals surface area contributed by atoms with Crippen molar-refractivity contribution in [1.29, 1.82) is 0 Å². The van der Waals surface area contributed by atoms with Crippen LogP contribution in [0.5, 0.6) is 0 Å². The summed E-state index contributed by atoms with van der Waals surface area (Å²) in [4.78, 5) is 37.5. The van der Waals surface area contributed by atoms with Crippen LogP contribution in [-0.2, 0) is 9.53 Å². The third-order valence-electron chi connectivity index (χ3n) is 3.42. The molecule has 0 bridgehead atoms. The number of nitrogens with zero attached hydrogens (tertiary/aromatic N) is 1. The van der Waals surface area contributed by atoms with Gasteiger partial charge in [-0.3, -0.25) is 9.59 Å². The van der Waals surface area contributed by atoms with Gasteiger partial charge in [0, 0.05) is 19.8 Å². The molecule has 0 aliphatic heterocycles. The summed E-state index contributed by atoms with van der Waals surface area (Å²) in [5, 5.41) is 4.52.